The van der Waals surface area contributed by atoms with E-state index in [4.69, 9.17) is 10.5 Å². The normalized spacial score (nSPS) is 21.1. The van der Waals surface area contributed by atoms with Gasteiger partial charge in [-0.05, 0) is 44.2 Å². The second kappa shape index (κ2) is 6.40. The average molecular weight is 314 g/mol. The molecule has 6 nitrogen and oxygen atoms in total. The van der Waals surface area contributed by atoms with Crippen LogP contribution in [0.15, 0.2) is 24.5 Å². The molecule has 0 amide bonds. The molecular formula is C17H22N4O2. The molecule has 1 aliphatic rings. The molecule has 0 bridgehead atoms. The second-order valence-corrected chi connectivity index (χ2v) is 6.16. The van der Waals surface area contributed by atoms with Crippen LogP contribution in [-0.2, 0) is 9.53 Å². The lowest BCUT2D eigenvalue weighted by Crippen LogP contribution is -2.24. The molecule has 2 aromatic heterocycles. The first-order valence-electron chi connectivity index (χ1n) is 7.94. The Bertz CT molecular complexity index is 685. The molecule has 0 spiro atoms. The third-order valence-electron chi connectivity index (χ3n) is 4.52. The number of methoxy groups -OCH3 is 1. The molecule has 2 aromatic rings. The minimum absolute atomic E-state index is 0.0161. The summed E-state index contributed by atoms with van der Waals surface area (Å²) in [5, 5.41) is 4.64. The van der Waals surface area contributed by atoms with Gasteiger partial charge in [-0.25, -0.2) is 0 Å². The van der Waals surface area contributed by atoms with Gasteiger partial charge in [0.15, 0.2) is 0 Å². The highest BCUT2D eigenvalue weighted by Gasteiger charge is 2.28. The van der Waals surface area contributed by atoms with Crippen LogP contribution in [0.1, 0.15) is 37.3 Å². The molecule has 0 saturated heterocycles. The first kappa shape index (κ1) is 15.5. The van der Waals surface area contributed by atoms with Crippen LogP contribution < -0.4 is 5.73 Å². The van der Waals surface area contributed by atoms with Crippen molar-refractivity contribution in [2.45, 2.75) is 38.6 Å². The van der Waals surface area contributed by atoms with Crippen molar-refractivity contribution in [3.63, 3.8) is 0 Å². The first-order valence-corrected chi connectivity index (χ1v) is 7.94. The Labute approximate surface area is 135 Å². The first-order chi connectivity index (χ1) is 11.1. The zero-order chi connectivity index (χ0) is 16.4. The molecule has 122 valence electrons. The summed E-state index contributed by atoms with van der Waals surface area (Å²) in [4.78, 5) is 16.0. The van der Waals surface area contributed by atoms with E-state index < -0.39 is 0 Å². The predicted molar refractivity (Wildman–Crippen MR) is 87.6 cm³/mol. The number of ether oxygens (including phenoxy) is 1. The zero-order valence-electron chi connectivity index (χ0n) is 13.5. The Morgan fingerprint density at radius 3 is 2.65 bits per heavy atom. The molecule has 0 radical (unpaired) electrons. The molecular weight excluding hydrogens is 292 g/mol. The molecule has 23 heavy (non-hydrogen) atoms. The van der Waals surface area contributed by atoms with Gasteiger partial charge in [0.2, 0.25) is 0 Å². The van der Waals surface area contributed by atoms with E-state index in [0.717, 1.165) is 42.6 Å². The van der Waals surface area contributed by atoms with E-state index >= 15 is 0 Å². The lowest BCUT2D eigenvalue weighted by molar-refractivity contribution is -0.146. The number of nitrogens with two attached hydrogens (primary N) is 1. The van der Waals surface area contributed by atoms with Gasteiger partial charge in [-0.2, -0.15) is 5.10 Å². The monoisotopic (exact) mass is 314 g/mol. The van der Waals surface area contributed by atoms with Crippen molar-refractivity contribution in [2.24, 2.45) is 5.92 Å². The van der Waals surface area contributed by atoms with Crippen LogP contribution in [0.4, 0.5) is 5.69 Å². The Morgan fingerprint density at radius 1 is 1.30 bits per heavy atom. The highest BCUT2D eigenvalue weighted by atomic mass is 16.5. The van der Waals surface area contributed by atoms with Crippen molar-refractivity contribution in [3.8, 4) is 11.4 Å². The summed E-state index contributed by atoms with van der Waals surface area (Å²) < 4.78 is 6.76. The fourth-order valence-electron chi connectivity index (χ4n) is 3.14. The summed E-state index contributed by atoms with van der Waals surface area (Å²) in [7, 11) is 1.45. The zero-order valence-corrected chi connectivity index (χ0v) is 13.5. The minimum Gasteiger partial charge on any atom is -0.469 e. The Hall–Kier alpha value is -2.37. The lowest BCUT2D eigenvalue weighted by atomic mass is 9.86. The summed E-state index contributed by atoms with van der Waals surface area (Å²) >= 11 is 0. The van der Waals surface area contributed by atoms with Gasteiger partial charge in [0.05, 0.1) is 30.5 Å². The van der Waals surface area contributed by atoms with Crippen molar-refractivity contribution in [3.05, 3.63) is 30.1 Å². The SMILES string of the molecule is COC(=O)[C@H]1CC[C@H](n2cc(N)c(-c3ccc(C)cn3)n2)CC1. The quantitative estimate of drug-likeness (QED) is 0.881. The van der Waals surface area contributed by atoms with Crippen molar-refractivity contribution < 1.29 is 9.53 Å². The topological polar surface area (TPSA) is 83.0 Å². The Balaban J connectivity index is 1.74. The van der Waals surface area contributed by atoms with Crippen LogP contribution in [-0.4, -0.2) is 27.8 Å². The third kappa shape index (κ3) is 3.21. The van der Waals surface area contributed by atoms with Crippen molar-refractivity contribution >= 4 is 11.7 Å². The molecule has 2 N–H and O–H groups in total. The van der Waals surface area contributed by atoms with Crippen LogP contribution in [0.25, 0.3) is 11.4 Å². The van der Waals surface area contributed by atoms with Gasteiger partial charge < -0.3 is 10.5 Å². The summed E-state index contributed by atoms with van der Waals surface area (Å²) in [5.41, 5.74) is 9.37. The van der Waals surface area contributed by atoms with Crippen molar-refractivity contribution in [1.82, 2.24) is 14.8 Å². The maximum absolute atomic E-state index is 11.6. The highest BCUT2D eigenvalue weighted by molar-refractivity contribution is 5.72. The maximum atomic E-state index is 11.6. The molecule has 3 rings (SSSR count). The number of esters is 1. The number of rotatable bonds is 3. The fourth-order valence-corrected chi connectivity index (χ4v) is 3.14. The van der Waals surface area contributed by atoms with Crippen molar-refractivity contribution in [2.75, 3.05) is 12.8 Å². The van der Waals surface area contributed by atoms with E-state index in [1.807, 2.05) is 36.1 Å². The summed E-state index contributed by atoms with van der Waals surface area (Å²) in [6.07, 6.45) is 7.16. The van der Waals surface area contributed by atoms with Crippen LogP contribution in [0.5, 0.6) is 0 Å². The fraction of sp³-hybridized carbons (Fsp3) is 0.471. The molecule has 6 heteroatoms. The predicted octanol–water partition coefficient (Wildman–Crippen LogP) is 2.74. The van der Waals surface area contributed by atoms with Gasteiger partial charge in [-0.3, -0.25) is 14.5 Å². The van der Waals surface area contributed by atoms with Crippen LogP contribution in [0.3, 0.4) is 0 Å². The largest absolute Gasteiger partial charge is 0.469 e. The summed E-state index contributed by atoms with van der Waals surface area (Å²) in [6, 6.07) is 4.21. The number of aryl methyl sites for hydroxylation is 1. The summed E-state index contributed by atoms with van der Waals surface area (Å²) in [6.45, 7) is 2.00. The second-order valence-electron chi connectivity index (χ2n) is 6.16. The molecule has 2 heterocycles. The van der Waals surface area contributed by atoms with Crippen molar-refractivity contribution in [1.29, 1.82) is 0 Å². The van der Waals surface area contributed by atoms with E-state index in [-0.39, 0.29) is 17.9 Å². The Kier molecular flexibility index (Phi) is 4.32. The number of nitrogen functional groups attached to an aromatic ring is 1. The maximum Gasteiger partial charge on any atom is 0.308 e. The minimum atomic E-state index is -0.104. The van der Waals surface area contributed by atoms with E-state index in [1.165, 1.54) is 7.11 Å². The smallest absolute Gasteiger partial charge is 0.308 e. The van der Waals surface area contributed by atoms with Gasteiger partial charge >= 0.3 is 5.97 Å². The van der Waals surface area contributed by atoms with Crippen LogP contribution >= 0.6 is 0 Å². The number of carbonyl (C=O) groups excluding carboxylic acids is 1. The molecule has 0 aliphatic heterocycles. The third-order valence-corrected chi connectivity index (χ3v) is 4.52. The number of hydrogen-bond acceptors (Lipinski definition) is 5. The van der Waals surface area contributed by atoms with Gasteiger partial charge in [0.25, 0.3) is 0 Å². The number of pyridine rings is 1. The number of carbonyl (C=O) groups is 1. The molecule has 1 aliphatic carbocycles. The summed E-state index contributed by atoms with van der Waals surface area (Å²) in [5.74, 6) is -0.0876. The van der Waals surface area contributed by atoms with E-state index in [2.05, 4.69) is 10.1 Å². The van der Waals surface area contributed by atoms with Gasteiger partial charge in [-0.1, -0.05) is 6.07 Å². The number of hydrogen-bond donors (Lipinski definition) is 1. The van der Waals surface area contributed by atoms with Crippen LogP contribution in [0.2, 0.25) is 0 Å². The van der Waals surface area contributed by atoms with Gasteiger partial charge in [-0.15, -0.1) is 0 Å². The molecule has 1 fully saturated rings. The standard InChI is InChI=1S/C17H22N4O2/c1-11-3-8-15(19-9-11)16-14(18)10-21(20-16)13-6-4-12(5-7-13)17(22)23-2/h3,8-10,12-13H,4-7,18H2,1-2H3/t12-,13-. The average Bonchev–Trinajstić information content (AvgIpc) is 2.97. The lowest BCUT2D eigenvalue weighted by Gasteiger charge is -2.27. The van der Waals surface area contributed by atoms with Gasteiger partial charge in [0, 0.05) is 12.4 Å². The highest BCUT2D eigenvalue weighted by Crippen LogP contribution is 2.34. The van der Waals surface area contributed by atoms with E-state index in [9.17, 15) is 4.79 Å². The van der Waals surface area contributed by atoms with Crippen LogP contribution in [0, 0.1) is 12.8 Å². The molecule has 0 unspecified atom stereocenters. The van der Waals surface area contributed by atoms with E-state index in [0.29, 0.717) is 5.69 Å². The Morgan fingerprint density at radius 2 is 2.04 bits per heavy atom. The van der Waals surface area contributed by atoms with E-state index in [1.54, 1.807) is 0 Å². The number of anilines is 1. The molecule has 1 saturated carbocycles. The molecule has 0 atom stereocenters. The number of nitrogens with zero attached hydrogens (tertiary/aromatic N) is 3. The molecule has 0 aromatic carbocycles. The van der Waals surface area contributed by atoms with Gasteiger partial charge in [0.1, 0.15) is 5.69 Å². The number of aromatic nitrogens is 3.